The Labute approximate surface area is 101 Å². The van der Waals surface area contributed by atoms with E-state index in [2.05, 4.69) is 4.98 Å². The van der Waals surface area contributed by atoms with Crippen LogP contribution >= 0.6 is 22.6 Å². The van der Waals surface area contributed by atoms with Gasteiger partial charge in [0.05, 0.1) is 11.3 Å². The molecule has 90 valence electrons. The zero-order valence-electron chi connectivity index (χ0n) is 7.65. The van der Waals surface area contributed by atoms with Gasteiger partial charge in [-0.2, -0.15) is 13.2 Å². The first-order valence-corrected chi connectivity index (χ1v) is 5.10. The van der Waals surface area contributed by atoms with Crippen molar-refractivity contribution in [3.63, 3.8) is 0 Å². The Hall–Kier alpha value is -0.510. The van der Waals surface area contributed by atoms with Crippen LogP contribution in [-0.2, 0) is 12.7 Å². The summed E-state index contributed by atoms with van der Waals surface area (Å²) < 4.78 is 62.1. The van der Waals surface area contributed by atoms with Gasteiger partial charge in [-0.05, 0) is 28.7 Å². The lowest BCUT2D eigenvalue weighted by molar-refractivity contribution is -0.140. The number of halogens is 6. The summed E-state index contributed by atoms with van der Waals surface area (Å²) in [5, 5.41) is 0. The smallest absolute Gasteiger partial charge is 0.325 e. The minimum Gasteiger partial charge on any atom is -0.325 e. The maximum atomic E-state index is 12.5. The largest absolute Gasteiger partial charge is 0.419 e. The van der Waals surface area contributed by atoms with Crippen LogP contribution in [0.1, 0.15) is 23.4 Å². The Bertz CT molecular complexity index is 391. The van der Waals surface area contributed by atoms with Gasteiger partial charge in [0.25, 0.3) is 6.43 Å². The van der Waals surface area contributed by atoms with Crippen LogP contribution in [0.2, 0.25) is 0 Å². The van der Waals surface area contributed by atoms with Crippen molar-refractivity contribution in [3.05, 3.63) is 26.6 Å². The van der Waals surface area contributed by atoms with Crippen LogP contribution in [0.15, 0.2) is 6.07 Å². The SMILES string of the molecule is NCc1cc(I)c(C(F)(F)F)c(C(F)F)n1. The van der Waals surface area contributed by atoms with Crippen LogP contribution in [0.5, 0.6) is 0 Å². The number of nitrogens with zero attached hydrogens (tertiary/aromatic N) is 1. The maximum absolute atomic E-state index is 12.5. The number of hydrogen-bond donors (Lipinski definition) is 1. The number of alkyl halides is 5. The first-order valence-electron chi connectivity index (χ1n) is 4.02. The van der Waals surface area contributed by atoms with E-state index in [0.29, 0.717) is 0 Å². The van der Waals surface area contributed by atoms with Crippen molar-refractivity contribution in [2.24, 2.45) is 5.73 Å². The van der Waals surface area contributed by atoms with E-state index in [1.807, 2.05) is 0 Å². The molecule has 8 heteroatoms. The second-order valence-corrected chi connectivity index (χ2v) is 4.02. The lowest BCUT2D eigenvalue weighted by atomic mass is 10.1. The summed E-state index contributed by atoms with van der Waals surface area (Å²) in [6, 6.07) is 1.05. The molecule has 0 atom stereocenters. The molecular formula is C8H6F5IN2. The van der Waals surface area contributed by atoms with E-state index in [9.17, 15) is 22.0 Å². The number of hydrogen-bond acceptors (Lipinski definition) is 2. The topological polar surface area (TPSA) is 38.9 Å². The molecule has 0 saturated heterocycles. The van der Waals surface area contributed by atoms with Gasteiger partial charge >= 0.3 is 6.18 Å². The van der Waals surface area contributed by atoms with E-state index in [-0.39, 0.29) is 15.8 Å². The van der Waals surface area contributed by atoms with Crippen molar-refractivity contribution in [1.82, 2.24) is 4.98 Å². The lowest BCUT2D eigenvalue weighted by Crippen LogP contribution is -2.16. The van der Waals surface area contributed by atoms with Gasteiger partial charge in [0.1, 0.15) is 5.69 Å². The van der Waals surface area contributed by atoms with E-state index in [0.717, 1.165) is 6.07 Å². The predicted octanol–water partition coefficient (Wildman–Crippen LogP) is 3.10. The molecule has 1 heterocycles. The van der Waals surface area contributed by atoms with E-state index >= 15 is 0 Å². The molecule has 0 bridgehead atoms. The van der Waals surface area contributed by atoms with Gasteiger partial charge in [-0.15, -0.1) is 0 Å². The molecule has 2 N–H and O–H groups in total. The highest BCUT2D eigenvalue weighted by Gasteiger charge is 2.39. The summed E-state index contributed by atoms with van der Waals surface area (Å²) in [5.41, 5.74) is 2.51. The number of aromatic nitrogens is 1. The standard InChI is InChI=1S/C8H6F5IN2/c9-7(10)6-5(8(11,12)13)4(14)1-3(2-15)16-6/h1,7H,2,15H2. The monoisotopic (exact) mass is 352 g/mol. The van der Waals surface area contributed by atoms with Gasteiger partial charge in [-0.1, -0.05) is 0 Å². The second-order valence-electron chi connectivity index (χ2n) is 2.86. The van der Waals surface area contributed by atoms with Gasteiger partial charge in [0, 0.05) is 10.1 Å². The summed E-state index contributed by atoms with van der Waals surface area (Å²) in [7, 11) is 0. The molecule has 0 fully saturated rings. The molecule has 2 nitrogen and oxygen atoms in total. The van der Waals surface area contributed by atoms with Crippen LogP contribution < -0.4 is 5.73 Å². The van der Waals surface area contributed by atoms with Gasteiger partial charge in [-0.25, -0.2) is 13.8 Å². The van der Waals surface area contributed by atoms with Gasteiger partial charge in [0.2, 0.25) is 0 Å². The predicted molar refractivity (Wildman–Crippen MR) is 54.8 cm³/mol. The summed E-state index contributed by atoms with van der Waals surface area (Å²) in [6.07, 6.45) is -8.13. The van der Waals surface area contributed by atoms with E-state index in [1.165, 1.54) is 22.6 Å². The molecule has 0 aliphatic rings. The molecule has 0 unspecified atom stereocenters. The first kappa shape index (κ1) is 13.6. The number of rotatable bonds is 2. The molecular weight excluding hydrogens is 346 g/mol. The molecule has 0 saturated carbocycles. The molecule has 0 aliphatic heterocycles. The van der Waals surface area contributed by atoms with Crippen molar-refractivity contribution in [3.8, 4) is 0 Å². The highest BCUT2D eigenvalue weighted by molar-refractivity contribution is 14.1. The molecule has 1 rings (SSSR count). The highest BCUT2D eigenvalue weighted by atomic mass is 127. The average Bonchev–Trinajstić information content (AvgIpc) is 2.14. The highest BCUT2D eigenvalue weighted by Crippen LogP contribution is 2.38. The van der Waals surface area contributed by atoms with E-state index in [1.54, 1.807) is 0 Å². The Morgan fingerprint density at radius 3 is 2.31 bits per heavy atom. The van der Waals surface area contributed by atoms with Crippen molar-refractivity contribution in [2.75, 3.05) is 0 Å². The van der Waals surface area contributed by atoms with Crippen molar-refractivity contribution in [1.29, 1.82) is 0 Å². The quantitative estimate of drug-likeness (QED) is 0.656. The van der Waals surface area contributed by atoms with E-state index < -0.39 is 23.9 Å². The third-order valence-electron chi connectivity index (χ3n) is 1.75. The summed E-state index contributed by atoms with van der Waals surface area (Å²) in [6.45, 7) is -0.187. The number of nitrogens with two attached hydrogens (primary N) is 1. The van der Waals surface area contributed by atoms with Gasteiger partial charge in [0.15, 0.2) is 0 Å². The normalized spacial score (nSPS) is 12.2. The minimum atomic E-state index is -4.84. The van der Waals surface area contributed by atoms with Crippen LogP contribution in [0.4, 0.5) is 22.0 Å². The zero-order valence-corrected chi connectivity index (χ0v) is 9.81. The van der Waals surface area contributed by atoms with Crippen molar-refractivity contribution < 1.29 is 22.0 Å². The van der Waals surface area contributed by atoms with Crippen LogP contribution in [-0.4, -0.2) is 4.98 Å². The Morgan fingerprint density at radius 2 is 1.94 bits per heavy atom. The molecule has 0 aliphatic carbocycles. The Morgan fingerprint density at radius 1 is 1.38 bits per heavy atom. The van der Waals surface area contributed by atoms with Gasteiger partial charge in [-0.3, -0.25) is 0 Å². The van der Waals surface area contributed by atoms with Crippen molar-refractivity contribution >= 4 is 22.6 Å². The van der Waals surface area contributed by atoms with Crippen LogP contribution in [0.25, 0.3) is 0 Å². The molecule has 0 aromatic carbocycles. The first-order chi connectivity index (χ1) is 7.27. The summed E-state index contributed by atoms with van der Waals surface area (Å²) >= 11 is 1.34. The summed E-state index contributed by atoms with van der Waals surface area (Å²) in [5.74, 6) is 0. The van der Waals surface area contributed by atoms with E-state index in [4.69, 9.17) is 5.73 Å². The third kappa shape index (κ3) is 2.78. The average molecular weight is 352 g/mol. The minimum absolute atomic E-state index is 0.00713. The van der Waals surface area contributed by atoms with Crippen LogP contribution in [0.3, 0.4) is 0 Å². The molecule has 1 aromatic heterocycles. The molecule has 16 heavy (non-hydrogen) atoms. The number of pyridine rings is 1. The molecule has 0 radical (unpaired) electrons. The van der Waals surface area contributed by atoms with Crippen molar-refractivity contribution in [2.45, 2.75) is 19.1 Å². The lowest BCUT2D eigenvalue weighted by Gasteiger charge is -2.14. The van der Waals surface area contributed by atoms with Crippen LogP contribution in [0, 0.1) is 3.57 Å². The maximum Gasteiger partial charge on any atom is 0.419 e. The Kier molecular flexibility index (Phi) is 4.05. The fourth-order valence-corrected chi connectivity index (χ4v) is 2.07. The third-order valence-corrected chi connectivity index (χ3v) is 2.60. The summed E-state index contributed by atoms with van der Waals surface area (Å²) in [4.78, 5) is 3.22. The molecule has 0 amide bonds. The Balaban J connectivity index is 3.46. The molecule has 0 spiro atoms. The van der Waals surface area contributed by atoms with Gasteiger partial charge < -0.3 is 5.73 Å². The molecule has 1 aromatic rings. The fourth-order valence-electron chi connectivity index (χ4n) is 1.13. The fraction of sp³-hybridized carbons (Fsp3) is 0.375. The zero-order chi connectivity index (χ0) is 12.5. The second kappa shape index (κ2) is 4.78.